The summed E-state index contributed by atoms with van der Waals surface area (Å²) < 4.78 is 0. The molecule has 0 spiro atoms. The fourth-order valence-electron chi connectivity index (χ4n) is 2.41. The van der Waals surface area contributed by atoms with Crippen LogP contribution in [0.1, 0.15) is 16.8 Å². The van der Waals surface area contributed by atoms with Crippen LogP contribution >= 0.6 is 0 Å². The van der Waals surface area contributed by atoms with Crippen LogP contribution in [-0.4, -0.2) is 51.0 Å². The van der Waals surface area contributed by atoms with Gasteiger partial charge < -0.3 is 20.1 Å². The summed E-state index contributed by atoms with van der Waals surface area (Å²) in [5, 5.41) is 18.1. The molecular weight excluding hydrogens is 280 g/mol. The zero-order valence-corrected chi connectivity index (χ0v) is 11.0. The molecule has 21 heavy (non-hydrogen) atoms. The Bertz CT molecular complexity index is 617. The van der Waals surface area contributed by atoms with Gasteiger partial charge in [0.05, 0.1) is 17.4 Å². The van der Waals surface area contributed by atoms with Crippen LogP contribution in [0.2, 0.25) is 0 Å². The average Bonchev–Trinajstić information content (AvgIpc) is 2.46. The van der Waals surface area contributed by atoms with E-state index in [2.05, 4.69) is 4.98 Å². The van der Waals surface area contributed by atoms with Gasteiger partial charge in [-0.3, -0.25) is 19.2 Å². The highest BCUT2D eigenvalue weighted by molar-refractivity contribution is 5.94. The number of aliphatic carboxylic acids is 2. The van der Waals surface area contributed by atoms with Gasteiger partial charge in [-0.15, -0.1) is 0 Å². The Labute approximate surface area is 119 Å². The van der Waals surface area contributed by atoms with Gasteiger partial charge in [-0.05, 0) is 12.5 Å². The van der Waals surface area contributed by atoms with Crippen LogP contribution in [0.3, 0.4) is 0 Å². The molecule has 3 N–H and O–H groups in total. The highest BCUT2D eigenvalue weighted by atomic mass is 16.4. The number of carboxylic acids is 2. The number of carbonyl (C=O) groups excluding carboxylic acids is 1. The monoisotopic (exact) mass is 294 g/mol. The molecule has 0 bridgehead atoms. The lowest BCUT2D eigenvalue weighted by atomic mass is 9.85. The summed E-state index contributed by atoms with van der Waals surface area (Å²) in [6, 6.07) is 2.55. The fraction of sp³-hybridized carbons (Fsp3) is 0.385. The predicted octanol–water partition coefficient (Wildman–Crippen LogP) is -0.378. The van der Waals surface area contributed by atoms with E-state index in [0.29, 0.717) is 0 Å². The molecule has 2 rings (SSSR count). The summed E-state index contributed by atoms with van der Waals surface area (Å²) in [4.78, 5) is 49.1. The van der Waals surface area contributed by atoms with Gasteiger partial charge in [0, 0.05) is 25.4 Å². The van der Waals surface area contributed by atoms with Crippen molar-refractivity contribution in [3.05, 3.63) is 34.2 Å². The lowest BCUT2D eigenvalue weighted by Gasteiger charge is -2.34. The lowest BCUT2D eigenvalue weighted by Crippen LogP contribution is -2.48. The topological polar surface area (TPSA) is 128 Å². The minimum absolute atomic E-state index is 0.0847. The van der Waals surface area contributed by atoms with E-state index in [1.807, 2.05) is 0 Å². The summed E-state index contributed by atoms with van der Waals surface area (Å²) in [6.07, 6.45) is 1.34. The van der Waals surface area contributed by atoms with Crippen LogP contribution < -0.4 is 5.56 Å². The Morgan fingerprint density at radius 1 is 1.14 bits per heavy atom. The van der Waals surface area contributed by atoms with Crippen LogP contribution in [0.25, 0.3) is 0 Å². The van der Waals surface area contributed by atoms with E-state index in [0.717, 1.165) is 0 Å². The molecule has 8 heteroatoms. The molecule has 1 fully saturated rings. The SMILES string of the molecule is O=C(O)C1CCN(C(=O)c2ccc(=O)[nH]c2)CC1C(=O)O. The maximum atomic E-state index is 12.2. The van der Waals surface area contributed by atoms with Crippen LogP contribution in [0, 0.1) is 11.8 Å². The fourth-order valence-corrected chi connectivity index (χ4v) is 2.41. The normalized spacial score (nSPS) is 21.8. The van der Waals surface area contributed by atoms with Gasteiger partial charge in [-0.2, -0.15) is 0 Å². The molecule has 0 aromatic carbocycles. The third kappa shape index (κ3) is 3.10. The molecule has 2 heterocycles. The Morgan fingerprint density at radius 2 is 1.81 bits per heavy atom. The molecule has 1 aliphatic rings. The molecule has 8 nitrogen and oxygen atoms in total. The number of piperidine rings is 1. The zero-order chi connectivity index (χ0) is 15.6. The van der Waals surface area contributed by atoms with Gasteiger partial charge in [0.1, 0.15) is 0 Å². The second kappa shape index (κ2) is 5.78. The number of hydrogen-bond acceptors (Lipinski definition) is 4. The third-order valence-electron chi connectivity index (χ3n) is 3.57. The number of carbonyl (C=O) groups is 3. The maximum absolute atomic E-state index is 12.2. The van der Waals surface area contributed by atoms with Gasteiger partial charge in [-0.25, -0.2) is 0 Å². The number of hydrogen-bond donors (Lipinski definition) is 3. The van der Waals surface area contributed by atoms with Crippen LogP contribution in [0.4, 0.5) is 0 Å². The second-order valence-corrected chi connectivity index (χ2v) is 4.87. The van der Waals surface area contributed by atoms with Gasteiger partial charge in [0.25, 0.3) is 5.91 Å². The van der Waals surface area contributed by atoms with E-state index in [4.69, 9.17) is 10.2 Å². The number of H-pyrrole nitrogens is 1. The smallest absolute Gasteiger partial charge is 0.309 e. The number of carboxylic acid groups (broad SMARTS) is 2. The Kier molecular flexibility index (Phi) is 4.06. The van der Waals surface area contributed by atoms with Crippen molar-refractivity contribution in [2.45, 2.75) is 6.42 Å². The minimum Gasteiger partial charge on any atom is -0.481 e. The van der Waals surface area contributed by atoms with Crippen molar-refractivity contribution in [2.24, 2.45) is 11.8 Å². The van der Waals surface area contributed by atoms with E-state index in [-0.39, 0.29) is 30.6 Å². The summed E-state index contributed by atoms with van der Waals surface area (Å²) in [7, 11) is 0. The number of rotatable bonds is 3. The van der Waals surface area contributed by atoms with E-state index in [1.165, 1.54) is 23.2 Å². The first-order valence-electron chi connectivity index (χ1n) is 6.33. The molecule has 0 radical (unpaired) electrons. The Balaban J connectivity index is 2.17. The second-order valence-electron chi connectivity index (χ2n) is 4.87. The lowest BCUT2D eigenvalue weighted by molar-refractivity contribution is -0.156. The van der Waals surface area contributed by atoms with Crippen LogP contribution in [-0.2, 0) is 9.59 Å². The number of amides is 1. The minimum atomic E-state index is -1.23. The number of aromatic amines is 1. The highest BCUT2D eigenvalue weighted by Crippen LogP contribution is 2.25. The molecule has 1 aromatic heterocycles. The van der Waals surface area contributed by atoms with Crippen molar-refractivity contribution in [1.29, 1.82) is 0 Å². The average molecular weight is 294 g/mol. The quantitative estimate of drug-likeness (QED) is 0.697. The van der Waals surface area contributed by atoms with Gasteiger partial charge >= 0.3 is 11.9 Å². The van der Waals surface area contributed by atoms with Crippen molar-refractivity contribution >= 4 is 17.8 Å². The number of nitrogens with one attached hydrogen (secondary N) is 1. The van der Waals surface area contributed by atoms with Crippen LogP contribution in [0.5, 0.6) is 0 Å². The Hall–Kier alpha value is -2.64. The largest absolute Gasteiger partial charge is 0.481 e. The van der Waals surface area contributed by atoms with E-state index >= 15 is 0 Å². The van der Waals surface area contributed by atoms with E-state index in [1.54, 1.807) is 0 Å². The first-order valence-corrected chi connectivity index (χ1v) is 6.33. The number of aromatic nitrogens is 1. The van der Waals surface area contributed by atoms with Gasteiger partial charge in [0.15, 0.2) is 0 Å². The van der Waals surface area contributed by atoms with Crippen molar-refractivity contribution in [3.8, 4) is 0 Å². The molecule has 112 valence electrons. The summed E-state index contributed by atoms with van der Waals surface area (Å²) >= 11 is 0. The predicted molar refractivity (Wildman–Crippen MR) is 69.8 cm³/mol. The molecule has 0 aliphatic carbocycles. The summed E-state index contributed by atoms with van der Waals surface area (Å²) in [6.45, 7) is 0.00294. The van der Waals surface area contributed by atoms with E-state index in [9.17, 15) is 19.2 Å². The molecule has 2 atom stereocenters. The Morgan fingerprint density at radius 3 is 2.33 bits per heavy atom. The van der Waals surface area contributed by atoms with Gasteiger partial charge in [-0.1, -0.05) is 0 Å². The molecule has 2 unspecified atom stereocenters. The van der Waals surface area contributed by atoms with Crippen LogP contribution in [0.15, 0.2) is 23.1 Å². The van der Waals surface area contributed by atoms with Crippen molar-refractivity contribution in [2.75, 3.05) is 13.1 Å². The van der Waals surface area contributed by atoms with Crippen molar-refractivity contribution < 1.29 is 24.6 Å². The molecule has 1 saturated heterocycles. The molecule has 0 saturated carbocycles. The van der Waals surface area contributed by atoms with Gasteiger partial charge in [0.2, 0.25) is 5.56 Å². The third-order valence-corrected chi connectivity index (χ3v) is 3.57. The molecular formula is C13H14N2O6. The highest BCUT2D eigenvalue weighted by Gasteiger charge is 2.40. The maximum Gasteiger partial charge on any atom is 0.309 e. The number of pyridine rings is 1. The first kappa shape index (κ1) is 14.8. The van der Waals surface area contributed by atoms with Crippen molar-refractivity contribution in [1.82, 2.24) is 9.88 Å². The number of nitrogens with zero attached hydrogens (tertiary/aromatic N) is 1. The standard InChI is InChI=1S/C13H14N2O6/c16-10-2-1-7(5-14-10)11(17)15-4-3-8(12(18)19)9(6-15)13(20)21/h1-2,5,8-9H,3-4,6H2,(H,14,16)(H,18,19)(H,20,21). The van der Waals surface area contributed by atoms with E-state index < -0.39 is 29.7 Å². The summed E-state index contributed by atoms with van der Waals surface area (Å²) in [5.74, 6) is -4.97. The summed E-state index contributed by atoms with van der Waals surface area (Å²) in [5.41, 5.74) is -0.118. The molecule has 1 aromatic rings. The van der Waals surface area contributed by atoms with Crippen molar-refractivity contribution in [3.63, 3.8) is 0 Å². The molecule has 1 amide bonds. The number of likely N-dealkylation sites (tertiary alicyclic amines) is 1. The zero-order valence-electron chi connectivity index (χ0n) is 11.0. The first-order chi connectivity index (χ1) is 9.90. The molecule has 1 aliphatic heterocycles.